The first kappa shape index (κ1) is 30.1. The molecule has 2 aliphatic rings. The summed E-state index contributed by atoms with van der Waals surface area (Å²) in [4.78, 5) is 37.3. The molecule has 2 aromatic rings. The summed E-state index contributed by atoms with van der Waals surface area (Å²) in [6.45, 7) is 8.15. The molecule has 4 rings (SSSR count). The van der Waals surface area contributed by atoms with E-state index in [1.54, 1.807) is 43.9 Å². The predicted octanol–water partition coefficient (Wildman–Crippen LogP) is 4.55. The third-order valence-electron chi connectivity index (χ3n) is 6.89. The molecule has 2 saturated heterocycles. The maximum Gasteiger partial charge on any atom is 0.410 e. The second-order valence-electron chi connectivity index (χ2n) is 11.1. The predicted molar refractivity (Wildman–Crippen MR) is 151 cm³/mol. The average molecular weight is 598 g/mol. The van der Waals surface area contributed by atoms with Gasteiger partial charge in [-0.2, -0.15) is 4.98 Å². The van der Waals surface area contributed by atoms with Crippen LogP contribution in [0.5, 0.6) is 0 Å². The average Bonchev–Trinajstić information content (AvgIpc) is 3.36. The quantitative estimate of drug-likeness (QED) is 0.444. The number of aliphatic hydroxyl groups excluding tert-OH is 1. The fourth-order valence-electron chi connectivity index (χ4n) is 4.89. The Balaban J connectivity index is 1.37. The number of hydrogen-bond acceptors (Lipinski definition) is 8. The fourth-order valence-corrected chi connectivity index (χ4v) is 5.46. The molecule has 0 bridgehead atoms. The topological polar surface area (TPSA) is 120 Å². The van der Waals surface area contributed by atoms with Gasteiger partial charge in [-0.3, -0.25) is 9.69 Å². The highest BCUT2D eigenvalue weighted by Crippen LogP contribution is 2.29. The fraction of sp³-hybridized carbons (Fsp3) is 0.556. The minimum Gasteiger partial charge on any atom is -0.444 e. The third-order valence-corrected chi connectivity index (χ3v) is 7.45. The van der Waals surface area contributed by atoms with Crippen molar-refractivity contribution < 1.29 is 23.8 Å². The summed E-state index contributed by atoms with van der Waals surface area (Å²) in [5, 5.41) is 17.7. The number of piperidine rings is 1. The van der Waals surface area contributed by atoms with Crippen LogP contribution in [0.1, 0.15) is 58.6 Å². The van der Waals surface area contributed by atoms with Gasteiger partial charge in [0.2, 0.25) is 11.9 Å². The number of aromatic nitrogens is 2. The number of benzene rings is 1. The molecule has 2 aliphatic heterocycles. The van der Waals surface area contributed by atoms with E-state index in [2.05, 4.69) is 20.6 Å². The number of ether oxygens (including phenoxy) is 1. The van der Waals surface area contributed by atoms with Crippen LogP contribution >= 0.6 is 23.2 Å². The number of amides is 2. The zero-order valence-electron chi connectivity index (χ0n) is 23.0. The maximum absolute atomic E-state index is 14.6. The van der Waals surface area contributed by atoms with E-state index >= 15 is 0 Å². The monoisotopic (exact) mass is 596 g/mol. The molecule has 13 heteroatoms. The minimum atomic E-state index is -0.925. The van der Waals surface area contributed by atoms with Crippen molar-refractivity contribution in [3.05, 3.63) is 45.8 Å². The molecule has 4 atom stereocenters. The second kappa shape index (κ2) is 12.3. The van der Waals surface area contributed by atoms with Crippen LogP contribution in [0.4, 0.5) is 21.0 Å². The molecule has 1 aromatic carbocycles. The molecule has 2 fully saturated rings. The Kier molecular flexibility index (Phi) is 9.26. The molecule has 0 aliphatic carbocycles. The molecular weight excluding hydrogens is 562 g/mol. The van der Waals surface area contributed by atoms with Crippen molar-refractivity contribution in [3.63, 3.8) is 0 Å². The summed E-state index contributed by atoms with van der Waals surface area (Å²) in [6, 6.07) is 3.54. The number of hydrogen-bond donors (Lipinski definition) is 3. The van der Waals surface area contributed by atoms with E-state index in [9.17, 15) is 19.1 Å². The van der Waals surface area contributed by atoms with Crippen LogP contribution in [0, 0.1) is 5.82 Å². The molecule has 1 aromatic heterocycles. The van der Waals surface area contributed by atoms with Gasteiger partial charge in [-0.15, -0.1) is 0 Å². The van der Waals surface area contributed by atoms with E-state index in [-0.39, 0.29) is 30.3 Å². The molecule has 0 radical (unpaired) electrons. The Labute approximate surface area is 243 Å². The summed E-state index contributed by atoms with van der Waals surface area (Å²) < 4.78 is 20.0. The standard InChI is InChI=1S/C27H35Cl2FN6O4/c1-15(17-8-7-16(28)12-18(17)29)32-23-19(30)13-31-25(34-23)35-11-9-20(22(37)14-35)33-24(38)21-6-5-10-36(21)26(39)40-27(2,3)4/h7-8,12-13,15,20-22,37H,5-6,9-11,14H2,1-4H3,(H,33,38)(H,31,32,34)/t15-,20+,21-,22-/m1/s1. The van der Waals surface area contributed by atoms with E-state index in [1.165, 1.54) is 4.90 Å². The van der Waals surface area contributed by atoms with Crippen LogP contribution < -0.4 is 15.5 Å². The lowest BCUT2D eigenvalue weighted by Gasteiger charge is -2.37. The third kappa shape index (κ3) is 7.24. The number of anilines is 2. The number of halogens is 3. The number of nitrogens with zero attached hydrogens (tertiary/aromatic N) is 4. The van der Waals surface area contributed by atoms with Crippen LogP contribution in [0.2, 0.25) is 10.0 Å². The van der Waals surface area contributed by atoms with Crippen molar-refractivity contribution in [2.24, 2.45) is 0 Å². The highest BCUT2D eigenvalue weighted by molar-refractivity contribution is 6.35. The lowest BCUT2D eigenvalue weighted by Crippen LogP contribution is -2.57. The van der Waals surface area contributed by atoms with Gasteiger partial charge in [-0.25, -0.2) is 14.2 Å². The molecule has 218 valence electrons. The molecule has 40 heavy (non-hydrogen) atoms. The molecule has 0 spiro atoms. The summed E-state index contributed by atoms with van der Waals surface area (Å²) in [7, 11) is 0. The van der Waals surface area contributed by atoms with Gasteiger partial charge >= 0.3 is 6.09 Å². The molecule has 0 unspecified atom stereocenters. The largest absolute Gasteiger partial charge is 0.444 e. The minimum absolute atomic E-state index is 0.00287. The van der Waals surface area contributed by atoms with Crippen LogP contribution in [-0.2, 0) is 9.53 Å². The molecule has 3 heterocycles. The van der Waals surface area contributed by atoms with Crippen molar-refractivity contribution in [2.75, 3.05) is 29.9 Å². The van der Waals surface area contributed by atoms with Gasteiger partial charge in [0.25, 0.3) is 0 Å². The van der Waals surface area contributed by atoms with Gasteiger partial charge in [-0.05, 0) is 64.7 Å². The van der Waals surface area contributed by atoms with Crippen molar-refractivity contribution in [1.29, 1.82) is 0 Å². The Morgan fingerprint density at radius 1 is 1.23 bits per heavy atom. The lowest BCUT2D eigenvalue weighted by atomic mass is 10.0. The SMILES string of the molecule is C[C@@H](Nc1nc(N2CC[C@H](NC(=O)[C@H]3CCCN3C(=O)OC(C)(C)C)[C@H](O)C2)ncc1F)c1ccc(Cl)cc1Cl. The second-order valence-corrected chi connectivity index (χ2v) is 12.0. The van der Waals surface area contributed by atoms with E-state index in [0.717, 1.165) is 11.8 Å². The number of carbonyl (C=O) groups excluding carboxylic acids is 2. The van der Waals surface area contributed by atoms with E-state index in [4.69, 9.17) is 27.9 Å². The smallest absolute Gasteiger partial charge is 0.410 e. The van der Waals surface area contributed by atoms with Gasteiger partial charge in [0, 0.05) is 29.7 Å². The Bertz CT molecular complexity index is 1250. The van der Waals surface area contributed by atoms with Crippen LogP contribution in [-0.4, -0.2) is 75.4 Å². The Hall–Kier alpha value is -2.89. The van der Waals surface area contributed by atoms with Gasteiger partial charge in [0.15, 0.2) is 11.6 Å². The first-order valence-electron chi connectivity index (χ1n) is 13.3. The number of carbonyl (C=O) groups is 2. The zero-order valence-corrected chi connectivity index (χ0v) is 24.5. The summed E-state index contributed by atoms with van der Waals surface area (Å²) in [5.41, 5.74) is 0.0627. The number of likely N-dealkylation sites (tertiary alicyclic amines) is 1. The number of nitrogens with one attached hydrogen (secondary N) is 2. The van der Waals surface area contributed by atoms with Gasteiger partial charge < -0.3 is 25.4 Å². The number of aliphatic hydroxyl groups is 1. The summed E-state index contributed by atoms with van der Waals surface area (Å²) >= 11 is 12.3. The van der Waals surface area contributed by atoms with Gasteiger partial charge in [-0.1, -0.05) is 29.3 Å². The van der Waals surface area contributed by atoms with Crippen LogP contribution in [0.25, 0.3) is 0 Å². The van der Waals surface area contributed by atoms with E-state index < -0.39 is 35.7 Å². The first-order chi connectivity index (χ1) is 18.8. The summed E-state index contributed by atoms with van der Waals surface area (Å²) in [5.74, 6) is -0.708. The lowest BCUT2D eigenvalue weighted by molar-refractivity contribution is -0.127. The van der Waals surface area contributed by atoms with Crippen LogP contribution in [0.3, 0.4) is 0 Å². The normalized spacial score (nSPS) is 22.1. The highest BCUT2D eigenvalue weighted by atomic mass is 35.5. The van der Waals surface area contributed by atoms with Crippen molar-refractivity contribution in [3.8, 4) is 0 Å². The van der Waals surface area contributed by atoms with E-state index in [0.29, 0.717) is 42.4 Å². The van der Waals surface area contributed by atoms with Crippen LogP contribution in [0.15, 0.2) is 24.4 Å². The maximum atomic E-state index is 14.6. The Morgan fingerprint density at radius 2 is 1.98 bits per heavy atom. The summed E-state index contributed by atoms with van der Waals surface area (Å²) in [6.07, 6.45) is 1.26. The molecule has 0 saturated carbocycles. The van der Waals surface area contributed by atoms with Crippen molar-refractivity contribution in [1.82, 2.24) is 20.2 Å². The molecular formula is C27H35Cl2FN6O4. The molecule has 2 amide bonds. The van der Waals surface area contributed by atoms with Gasteiger partial charge in [0.05, 0.1) is 24.4 Å². The number of β-amino-alcohol motifs (C(OH)–C–C–N with tert-alkyl or cyclic N) is 1. The zero-order chi connectivity index (χ0) is 29.2. The Morgan fingerprint density at radius 3 is 2.65 bits per heavy atom. The van der Waals surface area contributed by atoms with Crippen molar-refractivity contribution in [2.45, 2.75) is 76.8 Å². The first-order valence-corrected chi connectivity index (χ1v) is 14.0. The van der Waals surface area contributed by atoms with Crippen molar-refractivity contribution >= 4 is 47.0 Å². The molecule has 10 nitrogen and oxygen atoms in total. The number of rotatable bonds is 6. The molecule has 3 N–H and O–H groups in total. The highest BCUT2D eigenvalue weighted by Gasteiger charge is 2.39. The van der Waals surface area contributed by atoms with Gasteiger partial charge in [0.1, 0.15) is 11.6 Å². The van der Waals surface area contributed by atoms with E-state index in [1.807, 2.05) is 6.92 Å².